The Balaban J connectivity index is 2.72. The third kappa shape index (κ3) is 1.30. The fourth-order valence-corrected chi connectivity index (χ4v) is 1.88. The van der Waals surface area contributed by atoms with Crippen molar-refractivity contribution in [3.63, 3.8) is 0 Å². The zero-order chi connectivity index (χ0) is 9.26. The van der Waals surface area contributed by atoms with Crippen molar-refractivity contribution in [2.75, 3.05) is 0 Å². The van der Waals surface area contributed by atoms with Crippen LogP contribution in [0.3, 0.4) is 0 Å². The summed E-state index contributed by atoms with van der Waals surface area (Å²) in [6, 6.07) is 7.21. The van der Waals surface area contributed by atoms with Crippen molar-refractivity contribution in [3.8, 4) is 6.07 Å². The summed E-state index contributed by atoms with van der Waals surface area (Å²) in [5.74, 6) is 0. The summed E-state index contributed by atoms with van der Waals surface area (Å²) in [5, 5.41) is 9.07. The van der Waals surface area contributed by atoms with E-state index >= 15 is 0 Å². The Hall–Kier alpha value is -1.73. The summed E-state index contributed by atoms with van der Waals surface area (Å²) < 4.78 is 0.876. The van der Waals surface area contributed by atoms with Crippen LogP contribution in [0.2, 0.25) is 0 Å². The lowest BCUT2D eigenvalue weighted by atomic mass is 10.2. The maximum Gasteiger partial charge on any atom is 0.178 e. The van der Waals surface area contributed by atoms with Gasteiger partial charge in [-0.1, -0.05) is 0 Å². The van der Waals surface area contributed by atoms with E-state index in [1.54, 1.807) is 18.2 Å². The molecule has 1 heterocycles. The lowest BCUT2D eigenvalue weighted by Gasteiger charge is -1.86. The molecule has 1 aromatic heterocycles. The average molecular weight is 188 g/mol. The number of thiazole rings is 1. The van der Waals surface area contributed by atoms with Crippen LogP contribution in [-0.2, 0) is 0 Å². The van der Waals surface area contributed by atoms with Crippen LogP contribution >= 0.6 is 11.3 Å². The molecule has 62 valence electrons. The molecule has 0 saturated carbocycles. The molecule has 0 bridgehead atoms. The van der Waals surface area contributed by atoms with Crippen LogP contribution in [0.1, 0.15) is 15.4 Å². The van der Waals surface area contributed by atoms with Gasteiger partial charge in [0, 0.05) is 0 Å². The molecule has 0 amide bonds. The van der Waals surface area contributed by atoms with E-state index in [-0.39, 0.29) is 0 Å². The van der Waals surface area contributed by atoms with Crippen LogP contribution in [-0.4, -0.2) is 11.3 Å². The number of benzene rings is 1. The van der Waals surface area contributed by atoms with Gasteiger partial charge in [-0.2, -0.15) is 5.26 Å². The van der Waals surface area contributed by atoms with Gasteiger partial charge in [0.15, 0.2) is 11.3 Å². The number of nitriles is 1. The summed E-state index contributed by atoms with van der Waals surface area (Å²) in [6.07, 6.45) is 0.719. The highest BCUT2D eigenvalue weighted by Crippen LogP contribution is 2.21. The number of hydrogen-bond donors (Lipinski definition) is 0. The normalized spacial score (nSPS) is 9.77. The molecular weight excluding hydrogens is 184 g/mol. The molecule has 0 aliphatic heterocycles. The molecule has 0 aliphatic rings. The number of fused-ring (bicyclic) bond motifs is 1. The van der Waals surface area contributed by atoms with Crippen molar-refractivity contribution < 1.29 is 4.79 Å². The van der Waals surface area contributed by atoms with E-state index in [2.05, 4.69) is 4.98 Å². The Morgan fingerprint density at radius 3 is 3.08 bits per heavy atom. The fraction of sp³-hybridized carbons (Fsp3) is 0. The van der Waals surface area contributed by atoms with Gasteiger partial charge in [-0.3, -0.25) is 4.79 Å². The second kappa shape index (κ2) is 2.96. The second-order valence-corrected chi connectivity index (χ2v) is 3.53. The SMILES string of the molecule is N#Cc1ccc2nc(C=O)sc2c1. The van der Waals surface area contributed by atoms with Gasteiger partial charge in [-0.15, -0.1) is 11.3 Å². The zero-order valence-corrected chi connectivity index (χ0v) is 7.34. The van der Waals surface area contributed by atoms with Crippen LogP contribution in [0.5, 0.6) is 0 Å². The average Bonchev–Trinajstić information content (AvgIpc) is 2.58. The van der Waals surface area contributed by atoms with Gasteiger partial charge in [-0.25, -0.2) is 4.98 Å². The van der Waals surface area contributed by atoms with Crippen molar-refractivity contribution in [2.24, 2.45) is 0 Å². The first-order chi connectivity index (χ1) is 6.33. The molecule has 0 spiro atoms. The maximum absolute atomic E-state index is 10.4. The first-order valence-corrected chi connectivity index (χ1v) is 4.41. The predicted octanol–water partition coefficient (Wildman–Crippen LogP) is 1.98. The molecule has 2 rings (SSSR count). The molecule has 2 aromatic rings. The first kappa shape index (κ1) is 7.90. The largest absolute Gasteiger partial charge is 0.295 e. The molecular formula is C9H4N2OS. The van der Waals surface area contributed by atoms with Gasteiger partial charge in [0.25, 0.3) is 0 Å². The molecule has 0 unspecified atom stereocenters. The number of rotatable bonds is 1. The minimum atomic E-state index is 0.449. The van der Waals surface area contributed by atoms with E-state index in [9.17, 15) is 4.79 Å². The smallest absolute Gasteiger partial charge is 0.178 e. The molecule has 0 aliphatic carbocycles. The lowest BCUT2D eigenvalue weighted by molar-refractivity contribution is 0.112. The van der Waals surface area contributed by atoms with Crippen LogP contribution < -0.4 is 0 Å². The Bertz CT molecular complexity index is 510. The third-order valence-electron chi connectivity index (χ3n) is 1.63. The minimum Gasteiger partial charge on any atom is -0.295 e. The Kier molecular flexibility index (Phi) is 1.80. The second-order valence-electron chi connectivity index (χ2n) is 2.46. The van der Waals surface area contributed by atoms with Gasteiger partial charge >= 0.3 is 0 Å². The highest BCUT2D eigenvalue weighted by atomic mass is 32.1. The van der Waals surface area contributed by atoms with Crippen molar-refractivity contribution in [1.82, 2.24) is 4.98 Å². The standard InChI is InChI=1S/C9H4N2OS/c10-4-6-1-2-7-8(3-6)13-9(5-12)11-7/h1-3,5H. The van der Waals surface area contributed by atoms with Crippen LogP contribution in [0, 0.1) is 11.3 Å². The number of carbonyl (C=O) groups excluding carboxylic acids is 1. The summed E-state index contributed by atoms with van der Waals surface area (Å²) in [7, 11) is 0. The zero-order valence-electron chi connectivity index (χ0n) is 6.52. The van der Waals surface area contributed by atoms with E-state index in [0.717, 1.165) is 16.5 Å². The van der Waals surface area contributed by atoms with E-state index in [4.69, 9.17) is 5.26 Å². The highest BCUT2D eigenvalue weighted by Gasteiger charge is 2.02. The summed E-state index contributed by atoms with van der Waals surface area (Å²) in [4.78, 5) is 14.5. The van der Waals surface area contributed by atoms with Crippen LogP contribution in [0.4, 0.5) is 0 Å². The van der Waals surface area contributed by atoms with Gasteiger partial charge in [0.2, 0.25) is 0 Å². The van der Waals surface area contributed by atoms with Crippen molar-refractivity contribution in [1.29, 1.82) is 5.26 Å². The summed E-state index contributed by atoms with van der Waals surface area (Å²) in [6.45, 7) is 0. The molecule has 13 heavy (non-hydrogen) atoms. The number of carbonyl (C=O) groups is 1. The topological polar surface area (TPSA) is 53.8 Å². The molecule has 3 nitrogen and oxygen atoms in total. The Morgan fingerprint density at radius 2 is 2.38 bits per heavy atom. The number of aldehydes is 1. The molecule has 0 fully saturated rings. The maximum atomic E-state index is 10.4. The molecule has 4 heteroatoms. The molecule has 0 atom stereocenters. The van der Waals surface area contributed by atoms with E-state index < -0.39 is 0 Å². The lowest BCUT2D eigenvalue weighted by Crippen LogP contribution is -1.74. The quantitative estimate of drug-likeness (QED) is 0.643. The van der Waals surface area contributed by atoms with E-state index in [0.29, 0.717) is 10.6 Å². The molecule has 0 saturated heterocycles. The molecule has 0 N–H and O–H groups in total. The van der Waals surface area contributed by atoms with Gasteiger partial charge in [-0.05, 0) is 18.2 Å². The van der Waals surface area contributed by atoms with Gasteiger partial charge in [0.1, 0.15) is 0 Å². The predicted molar refractivity (Wildman–Crippen MR) is 49.7 cm³/mol. The summed E-state index contributed by atoms with van der Waals surface area (Å²) >= 11 is 1.30. The Morgan fingerprint density at radius 1 is 1.54 bits per heavy atom. The molecule has 0 radical (unpaired) electrons. The fourth-order valence-electron chi connectivity index (χ4n) is 1.06. The first-order valence-electron chi connectivity index (χ1n) is 3.59. The third-order valence-corrected chi connectivity index (χ3v) is 2.58. The van der Waals surface area contributed by atoms with Gasteiger partial charge < -0.3 is 0 Å². The monoisotopic (exact) mass is 188 g/mol. The number of hydrogen-bond acceptors (Lipinski definition) is 4. The Labute approximate surface area is 78.3 Å². The van der Waals surface area contributed by atoms with Crippen molar-refractivity contribution >= 4 is 27.8 Å². The van der Waals surface area contributed by atoms with Crippen LogP contribution in [0.15, 0.2) is 18.2 Å². The van der Waals surface area contributed by atoms with E-state index in [1.807, 2.05) is 6.07 Å². The minimum absolute atomic E-state index is 0.449. The van der Waals surface area contributed by atoms with Gasteiger partial charge in [0.05, 0.1) is 21.8 Å². The van der Waals surface area contributed by atoms with Crippen LogP contribution in [0.25, 0.3) is 10.2 Å². The van der Waals surface area contributed by atoms with Crippen molar-refractivity contribution in [3.05, 3.63) is 28.8 Å². The van der Waals surface area contributed by atoms with E-state index in [1.165, 1.54) is 11.3 Å². The van der Waals surface area contributed by atoms with Crippen molar-refractivity contribution in [2.45, 2.75) is 0 Å². The molecule has 1 aromatic carbocycles. The number of nitrogens with zero attached hydrogens (tertiary/aromatic N) is 2. The highest BCUT2D eigenvalue weighted by molar-refractivity contribution is 7.20. The summed E-state index contributed by atoms with van der Waals surface area (Å²) in [5.41, 5.74) is 1.36. The number of aromatic nitrogens is 1.